The zero-order valence-electron chi connectivity index (χ0n) is 11.1. The van der Waals surface area contributed by atoms with E-state index in [0.29, 0.717) is 11.3 Å². The van der Waals surface area contributed by atoms with Crippen LogP contribution < -0.4 is 11.1 Å². The normalized spacial score (nSPS) is 23.9. The van der Waals surface area contributed by atoms with Crippen LogP contribution in [-0.4, -0.2) is 37.9 Å². The summed E-state index contributed by atoms with van der Waals surface area (Å²) in [6.45, 7) is 2.04. The molecule has 1 aliphatic heterocycles. The average Bonchev–Trinajstić information content (AvgIpc) is 2.91. The fraction of sp³-hybridized carbons (Fsp3) is 0.462. The average molecular weight is 312 g/mol. The lowest BCUT2D eigenvalue weighted by molar-refractivity contribution is 0.0919. The van der Waals surface area contributed by atoms with E-state index in [1.807, 2.05) is 0 Å². The molecule has 1 amide bonds. The molecule has 1 fully saturated rings. The summed E-state index contributed by atoms with van der Waals surface area (Å²) in [4.78, 5) is 13.4. The summed E-state index contributed by atoms with van der Waals surface area (Å²) in [7, 11) is -3.04. The molecule has 0 bridgehead atoms. The Kier molecular flexibility index (Phi) is 4.18. The molecule has 0 aromatic carbocycles. The van der Waals surface area contributed by atoms with Gasteiger partial charge in [0.25, 0.3) is 5.91 Å². The standard InChI is InChI=1S/C13H16N2O3S2/c1-13(6-8-20(17,18)9-13)15-12(16)11-5-4-10(19-11)3-2-7-14/h4-5H,6-9,14H2,1H3,(H,15,16). The third-order valence-electron chi connectivity index (χ3n) is 3.06. The lowest BCUT2D eigenvalue weighted by atomic mass is 10.0. The Bertz CT molecular complexity index is 682. The maximum absolute atomic E-state index is 12.1. The van der Waals surface area contributed by atoms with Gasteiger partial charge in [-0.1, -0.05) is 11.8 Å². The zero-order valence-corrected chi connectivity index (χ0v) is 12.7. The first kappa shape index (κ1) is 15.0. The number of nitrogens with one attached hydrogen (secondary N) is 1. The summed E-state index contributed by atoms with van der Waals surface area (Å²) in [6, 6.07) is 3.45. The first-order valence-electron chi connectivity index (χ1n) is 6.15. The van der Waals surface area contributed by atoms with Gasteiger partial charge in [0.15, 0.2) is 9.84 Å². The Morgan fingerprint density at radius 2 is 2.30 bits per heavy atom. The van der Waals surface area contributed by atoms with Crippen LogP contribution in [0.1, 0.15) is 27.9 Å². The highest BCUT2D eigenvalue weighted by molar-refractivity contribution is 7.91. The molecule has 7 heteroatoms. The molecule has 108 valence electrons. The molecule has 0 saturated carbocycles. The maximum Gasteiger partial charge on any atom is 0.261 e. The third kappa shape index (κ3) is 3.60. The molecule has 0 radical (unpaired) electrons. The van der Waals surface area contributed by atoms with E-state index >= 15 is 0 Å². The van der Waals surface area contributed by atoms with E-state index in [0.717, 1.165) is 4.88 Å². The number of thiophene rings is 1. The van der Waals surface area contributed by atoms with E-state index in [1.165, 1.54) is 11.3 Å². The predicted molar refractivity (Wildman–Crippen MR) is 79.4 cm³/mol. The van der Waals surface area contributed by atoms with Crippen molar-refractivity contribution in [2.45, 2.75) is 18.9 Å². The van der Waals surface area contributed by atoms with Gasteiger partial charge in [-0.25, -0.2) is 8.42 Å². The molecule has 3 N–H and O–H groups in total. The molecule has 1 aliphatic rings. The van der Waals surface area contributed by atoms with Gasteiger partial charge in [0.1, 0.15) is 0 Å². The second-order valence-electron chi connectivity index (χ2n) is 5.03. The molecule has 20 heavy (non-hydrogen) atoms. The van der Waals surface area contributed by atoms with Crippen LogP contribution in [0.4, 0.5) is 0 Å². The van der Waals surface area contributed by atoms with Crippen LogP contribution in [0.15, 0.2) is 12.1 Å². The third-order valence-corrected chi connectivity index (χ3v) is 5.96. The van der Waals surface area contributed by atoms with Gasteiger partial charge in [-0.15, -0.1) is 11.3 Å². The van der Waals surface area contributed by atoms with Gasteiger partial charge in [0.2, 0.25) is 0 Å². The largest absolute Gasteiger partial charge is 0.345 e. The number of amides is 1. The number of sulfone groups is 1. The molecule has 2 rings (SSSR count). The monoisotopic (exact) mass is 312 g/mol. The minimum absolute atomic E-state index is 0.00302. The summed E-state index contributed by atoms with van der Waals surface area (Å²) < 4.78 is 23.0. The van der Waals surface area contributed by atoms with Gasteiger partial charge in [-0.05, 0) is 25.5 Å². The van der Waals surface area contributed by atoms with Gasteiger partial charge >= 0.3 is 0 Å². The first-order chi connectivity index (χ1) is 9.34. The molecule has 1 aromatic heterocycles. The van der Waals surface area contributed by atoms with Crippen LogP contribution in [0.5, 0.6) is 0 Å². The molecular formula is C13H16N2O3S2. The van der Waals surface area contributed by atoms with Crippen LogP contribution in [0.3, 0.4) is 0 Å². The quantitative estimate of drug-likeness (QED) is 0.772. The highest BCUT2D eigenvalue weighted by Crippen LogP contribution is 2.24. The highest BCUT2D eigenvalue weighted by Gasteiger charge is 2.39. The van der Waals surface area contributed by atoms with Crippen LogP contribution in [-0.2, 0) is 9.84 Å². The summed E-state index contributed by atoms with van der Waals surface area (Å²) in [5, 5.41) is 2.82. The lowest BCUT2D eigenvalue weighted by Gasteiger charge is -2.23. The molecular weight excluding hydrogens is 296 g/mol. The summed E-state index contributed by atoms with van der Waals surface area (Å²) in [6.07, 6.45) is 0.451. The number of hydrogen-bond acceptors (Lipinski definition) is 5. The van der Waals surface area contributed by atoms with Crippen LogP contribution in [0.25, 0.3) is 0 Å². The number of nitrogens with two attached hydrogens (primary N) is 1. The van der Waals surface area contributed by atoms with E-state index in [1.54, 1.807) is 19.1 Å². The van der Waals surface area contributed by atoms with Gasteiger partial charge in [-0.2, -0.15) is 0 Å². The van der Waals surface area contributed by atoms with Gasteiger partial charge < -0.3 is 11.1 Å². The van der Waals surface area contributed by atoms with E-state index in [9.17, 15) is 13.2 Å². The zero-order chi connectivity index (χ0) is 14.8. The SMILES string of the molecule is CC1(NC(=O)c2ccc(C#CCN)s2)CCS(=O)(=O)C1. The van der Waals surface area contributed by atoms with Crippen LogP contribution in [0.2, 0.25) is 0 Å². The lowest BCUT2D eigenvalue weighted by Crippen LogP contribution is -2.46. The number of carbonyl (C=O) groups is 1. The fourth-order valence-electron chi connectivity index (χ4n) is 2.11. The molecule has 1 aromatic rings. The van der Waals surface area contributed by atoms with Gasteiger partial charge in [0, 0.05) is 0 Å². The Morgan fingerprint density at radius 3 is 2.90 bits per heavy atom. The minimum atomic E-state index is -3.04. The Labute approximate surface area is 122 Å². The van der Waals surface area contributed by atoms with Crippen molar-refractivity contribution in [1.29, 1.82) is 0 Å². The minimum Gasteiger partial charge on any atom is -0.345 e. The summed E-state index contributed by atoms with van der Waals surface area (Å²) >= 11 is 1.27. The first-order valence-corrected chi connectivity index (χ1v) is 8.79. The van der Waals surface area contributed by atoms with E-state index < -0.39 is 15.4 Å². The molecule has 1 saturated heterocycles. The molecule has 1 unspecified atom stereocenters. The van der Waals surface area contributed by atoms with Crippen molar-refractivity contribution in [3.05, 3.63) is 21.9 Å². The Hall–Kier alpha value is -1.36. The molecule has 0 aliphatic carbocycles. The second kappa shape index (κ2) is 5.56. The van der Waals surface area contributed by atoms with Crippen molar-refractivity contribution in [3.8, 4) is 11.8 Å². The van der Waals surface area contributed by atoms with Crippen molar-refractivity contribution in [2.24, 2.45) is 5.73 Å². The highest BCUT2D eigenvalue weighted by atomic mass is 32.2. The number of hydrogen-bond donors (Lipinski definition) is 2. The molecule has 2 heterocycles. The fourth-order valence-corrected chi connectivity index (χ4v) is 4.98. The van der Waals surface area contributed by atoms with Crippen molar-refractivity contribution in [2.75, 3.05) is 18.1 Å². The predicted octanol–water partition coefficient (Wildman–Crippen LogP) is 0.365. The van der Waals surface area contributed by atoms with Crippen LogP contribution in [0, 0.1) is 11.8 Å². The Morgan fingerprint density at radius 1 is 1.55 bits per heavy atom. The smallest absolute Gasteiger partial charge is 0.261 e. The van der Waals surface area contributed by atoms with Crippen molar-refractivity contribution in [1.82, 2.24) is 5.32 Å². The van der Waals surface area contributed by atoms with Gasteiger partial charge in [-0.3, -0.25) is 4.79 Å². The molecule has 1 atom stereocenters. The molecule has 5 nitrogen and oxygen atoms in total. The second-order valence-corrected chi connectivity index (χ2v) is 8.29. The number of rotatable bonds is 2. The van der Waals surface area contributed by atoms with Gasteiger partial charge in [0.05, 0.1) is 33.3 Å². The molecule has 0 spiro atoms. The maximum atomic E-state index is 12.1. The van der Waals surface area contributed by atoms with E-state index in [-0.39, 0.29) is 24.0 Å². The van der Waals surface area contributed by atoms with Crippen molar-refractivity contribution in [3.63, 3.8) is 0 Å². The van der Waals surface area contributed by atoms with E-state index in [4.69, 9.17) is 5.73 Å². The van der Waals surface area contributed by atoms with Crippen molar-refractivity contribution >= 4 is 27.1 Å². The summed E-state index contributed by atoms with van der Waals surface area (Å²) in [5.74, 6) is 5.46. The van der Waals surface area contributed by atoms with E-state index in [2.05, 4.69) is 17.2 Å². The van der Waals surface area contributed by atoms with Crippen LogP contribution >= 0.6 is 11.3 Å². The number of carbonyl (C=O) groups excluding carboxylic acids is 1. The topological polar surface area (TPSA) is 89.3 Å². The summed E-state index contributed by atoms with van der Waals surface area (Å²) in [5.41, 5.74) is 4.61. The Balaban J connectivity index is 2.07. The van der Waals surface area contributed by atoms with Crippen molar-refractivity contribution < 1.29 is 13.2 Å².